The van der Waals surface area contributed by atoms with Crippen LogP contribution in [0, 0.1) is 0 Å². The van der Waals surface area contributed by atoms with Crippen LogP contribution in [0.15, 0.2) is 0 Å². The highest BCUT2D eigenvalue weighted by Crippen LogP contribution is 2.07. The average Bonchev–Trinajstić information content (AvgIpc) is 2.27. The van der Waals surface area contributed by atoms with E-state index in [0.29, 0.717) is 12.6 Å². The second kappa shape index (κ2) is 5.51. The van der Waals surface area contributed by atoms with E-state index in [2.05, 4.69) is 10.6 Å². The van der Waals surface area contributed by atoms with Crippen LogP contribution in [0.4, 0.5) is 0 Å². The van der Waals surface area contributed by atoms with Gasteiger partial charge in [-0.1, -0.05) is 0 Å². The summed E-state index contributed by atoms with van der Waals surface area (Å²) in [5.41, 5.74) is 4.10. The van der Waals surface area contributed by atoms with Gasteiger partial charge in [-0.05, 0) is 19.4 Å². The van der Waals surface area contributed by atoms with Crippen LogP contribution in [0.25, 0.3) is 0 Å². The SMILES string of the molecule is [NH3+][C@H]1CCCN(CCCO)CC1. The average molecular weight is 173 g/mol. The lowest BCUT2D eigenvalue weighted by Crippen LogP contribution is -2.60. The van der Waals surface area contributed by atoms with Crippen molar-refractivity contribution in [1.82, 2.24) is 4.90 Å². The third-order valence-corrected chi connectivity index (χ3v) is 2.57. The van der Waals surface area contributed by atoms with E-state index in [-0.39, 0.29) is 0 Å². The van der Waals surface area contributed by atoms with Crippen molar-refractivity contribution in [2.75, 3.05) is 26.2 Å². The van der Waals surface area contributed by atoms with Crippen LogP contribution in [0.3, 0.4) is 0 Å². The van der Waals surface area contributed by atoms with Crippen molar-refractivity contribution in [3.63, 3.8) is 0 Å². The maximum atomic E-state index is 8.68. The predicted molar refractivity (Wildman–Crippen MR) is 48.7 cm³/mol. The van der Waals surface area contributed by atoms with Crippen molar-refractivity contribution < 1.29 is 10.8 Å². The van der Waals surface area contributed by atoms with Gasteiger partial charge in [0.15, 0.2) is 0 Å². The highest BCUT2D eigenvalue weighted by atomic mass is 16.3. The van der Waals surface area contributed by atoms with Gasteiger partial charge in [0.05, 0.1) is 6.04 Å². The molecule has 0 aliphatic carbocycles. The van der Waals surface area contributed by atoms with E-state index < -0.39 is 0 Å². The molecule has 0 radical (unpaired) electrons. The summed E-state index contributed by atoms with van der Waals surface area (Å²) in [6, 6.07) is 0.657. The molecule has 0 spiro atoms. The van der Waals surface area contributed by atoms with Gasteiger partial charge in [-0.3, -0.25) is 0 Å². The molecule has 1 fully saturated rings. The van der Waals surface area contributed by atoms with E-state index in [1.807, 2.05) is 0 Å². The summed E-state index contributed by atoms with van der Waals surface area (Å²) in [6.07, 6.45) is 4.70. The monoisotopic (exact) mass is 173 g/mol. The quantitative estimate of drug-likeness (QED) is 0.602. The molecular formula is C9H21N2O+. The number of likely N-dealkylation sites (tertiary alicyclic amines) is 1. The fourth-order valence-corrected chi connectivity index (χ4v) is 1.74. The summed E-state index contributed by atoms with van der Waals surface area (Å²) in [5.74, 6) is 0. The van der Waals surface area contributed by atoms with Gasteiger partial charge in [-0.15, -0.1) is 0 Å². The molecule has 1 rings (SSSR count). The van der Waals surface area contributed by atoms with E-state index in [0.717, 1.165) is 13.0 Å². The van der Waals surface area contributed by atoms with Crippen molar-refractivity contribution in [2.45, 2.75) is 31.7 Å². The maximum Gasteiger partial charge on any atom is 0.0856 e. The van der Waals surface area contributed by atoms with Crippen LogP contribution >= 0.6 is 0 Å². The number of rotatable bonds is 3. The van der Waals surface area contributed by atoms with Crippen molar-refractivity contribution in [1.29, 1.82) is 0 Å². The molecule has 4 N–H and O–H groups in total. The number of nitrogens with zero attached hydrogens (tertiary/aromatic N) is 1. The lowest BCUT2D eigenvalue weighted by atomic mass is 10.1. The van der Waals surface area contributed by atoms with E-state index in [1.54, 1.807) is 0 Å². The first kappa shape index (κ1) is 9.96. The van der Waals surface area contributed by atoms with Crippen LogP contribution in [0.5, 0.6) is 0 Å². The van der Waals surface area contributed by atoms with Gasteiger partial charge < -0.3 is 15.7 Å². The normalized spacial score (nSPS) is 27.0. The largest absolute Gasteiger partial charge is 0.396 e. The minimum absolute atomic E-state index is 0.324. The number of aliphatic hydroxyl groups excluding tert-OH is 1. The van der Waals surface area contributed by atoms with Crippen molar-refractivity contribution in [3.05, 3.63) is 0 Å². The summed E-state index contributed by atoms with van der Waals surface area (Å²) in [5, 5.41) is 8.68. The number of aliphatic hydroxyl groups is 1. The van der Waals surface area contributed by atoms with Gasteiger partial charge in [0.25, 0.3) is 0 Å². The molecule has 0 bridgehead atoms. The van der Waals surface area contributed by atoms with Crippen LogP contribution in [-0.4, -0.2) is 42.3 Å². The molecule has 0 saturated carbocycles. The zero-order valence-corrected chi connectivity index (χ0v) is 7.84. The first-order valence-electron chi connectivity index (χ1n) is 4.99. The summed E-state index contributed by atoms with van der Waals surface area (Å²) in [6.45, 7) is 3.76. The highest BCUT2D eigenvalue weighted by molar-refractivity contribution is 4.67. The fourth-order valence-electron chi connectivity index (χ4n) is 1.74. The fraction of sp³-hybridized carbons (Fsp3) is 1.00. The Morgan fingerprint density at radius 1 is 1.33 bits per heavy atom. The Morgan fingerprint density at radius 2 is 2.17 bits per heavy atom. The zero-order valence-electron chi connectivity index (χ0n) is 7.84. The summed E-state index contributed by atoms with van der Waals surface area (Å²) in [4.78, 5) is 2.45. The third kappa shape index (κ3) is 3.52. The second-order valence-corrected chi connectivity index (χ2v) is 3.72. The van der Waals surface area contributed by atoms with Crippen LogP contribution < -0.4 is 5.73 Å². The number of hydrogen-bond donors (Lipinski definition) is 2. The molecule has 1 aliphatic heterocycles. The molecule has 3 heteroatoms. The lowest BCUT2D eigenvalue weighted by molar-refractivity contribution is -0.421. The Kier molecular flexibility index (Phi) is 4.58. The Labute approximate surface area is 74.5 Å². The molecule has 12 heavy (non-hydrogen) atoms. The van der Waals surface area contributed by atoms with Crippen LogP contribution in [0.1, 0.15) is 25.7 Å². The van der Waals surface area contributed by atoms with Gasteiger partial charge >= 0.3 is 0 Å². The molecule has 0 amide bonds. The Bertz CT molecular complexity index is 117. The van der Waals surface area contributed by atoms with Gasteiger partial charge in [0, 0.05) is 32.5 Å². The minimum atomic E-state index is 0.324. The highest BCUT2D eigenvalue weighted by Gasteiger charge is 2.14. The standard InChI is InChI=1S/C9H20N2O/c10-9-3-1-5-11(7-4-9)6-2-8-12/h9,12H,1-8,10H2/p+1/t9-/m0/s1. The van der Waals surface area contributed by atoms with Crippen molar-refractivity contribution >= 4 is 0 Å². The summed E-state index contributed by atoms with van der Waals surface area (Å²) < 4.78 is 0. The molecule has 0 aromatic carbocycles. The topological polar surface area (TPSA) is 51.1 Å². The van der Waals surface area contributed by atoms with E-state index in [1.165, 1.54) is 32.4 Å². The first-order chi connectivity index (χ1) is 5.83. The van der Waals surface area contributed by atoms with E-state index in [4.69, 9.17) is 5.11 Å². The van der Waals surface area contributed by atoms with E-state index >= 15 is 0 Å². The minimum Gasteiger partial charge on any atom is -0.396 e. The number of quaternary nitrogens is 1. The Balaban J connectivity index is 2.17. The smallest absolute Gasteiger partial charge is 0.0856 e. The molecule has 1 heterocycles. The molecule has 3 nitrogen and oxygen atoms in total. The first-order valence-corrected chi connectivity index (χ1v) is 4.99. The number of hydrogen-bond acceptors (Lipinski definition) is 2. The van der Waals surface area contributed by atoms with Crippen molar-refractivity contribution in [3.8, 4) is 0 Å². The third-order valence-electron chi connectivity index (χ3n) is 2.57. The molecule has 1 atom stereocenters. The maximum absolute atomic E-state index is 8.68. The molecule has 1 saturated heterocycles. The molecule has 0 unspecified atom stereocenters. The van der Waals surface area contributed by atoms with Crippen LogP contribution in [-0.2, 0) is 0 Å². The molecule has 0 aromatic heterocycles. The Morgan fingerprint density at radius 3 is 2.92 bits per heavy atom. The lowest BCUT2D eigenvalue weighted by Gasteiger charge is -2.18. The van der Waals surface area contributed by atoms with Gasteiger partial charge in [0.1, 0.15) is 0 Å². The zero-order chi connectivity index (χ0) is 8.81. The molecule has 0 aromatic rings. The molecule has 72 valence electrons. The van der Waals surface area contributed by atoms with Gasteiger partial charge in [-0.25, -0.2) is 0 Å². The van der Waals surface area contributed by atoms with Gasteiger partial charge in [-0.2, -0.15) is 0 Å². The predicted octanol–water partition coefficient (Wildman–Crippen LogP) is -0.535. The second-order valence-electron chi connectivity index (χ2n) is 3.72. The molecular weight excluding hydrogens is 152 g/mol. The van der Waals surface area contributed by atoms with Crippen LogP contribution in [0.2, 0.25) is 0 Å². The summed E-state index contributed by atoms with van der Waals surface area (Å²) in [7, 11) is 0. The summed E-state index contributed by atoms with van der Waals surface area (Å²) >= 11 is 0. The van der Waals surface area contributed by atoms with Gasteiger partial charge in [0.2, 0.25) is 0 Å². The van der Waals surface area contributed by atoms with E-state index in [9.17, 15) is 0 Å². The molecule has 1 aliphatic rings. The Hall–Kier alpha value is -0.120. The van der Waals surface area contributed by atoms with Crippen molar-refractivity contribution in [2.24, 2.45) is 0 Å².